The molecule has 0 saturated heterocycles. The molecule has 1 aliphatic rings. The van der Waals surface area contributed by atoms with Gasteiger partial charge in [-0.15, -0.1) is 4.52 Å². The minimum Gasteiger partial charge on any atom is -0.176 e. The third-order valence-electron chi connectivity index (χ3n) is 0.511. The summed E-state index contributed by atoms with van der Waals surface area (Å²) in [6.45, 7) is 0. The maximum absolute atomic E-state index is 10.0. The number of rotatable bonds is 0. The molecule has 44 valence electrons. The Labute approximate surface area is 49.2 Å². The quantitative estimate of drug-likeness (QED) is 0.497. The van der Waals surface area contributed by atoms with Crippen LogP contribution in [0.1, 0.15) is 0 Å². The lowest BCUT2D eigenvalue weighted by molar-refractivity contribution is 0.628. The second kappa shape index (κ2) is 2.19. The summed E-state index contributed by atoms with van der Waals surface area (Å²) in [5, 5.41) is 4.78. The molecule has 0 aromatic carbocycles. The van der Waals surface area contributed by atoms with E-state index in [9.17, 15) is 8.42 Å². The third-order valence-corrected chi connectivity index (χ3v) is 2.77. The maximum atomic E-state index is 10.0. The van der Waals surface area contributed by atoms with Gasteiger partial charge in [-0.3, -0.25) is 0 Å². The zero-order chi connectivity index (χ0) is 5.98. The van der Waals surface area contributed by atoms with Crippen LogP contribution in [0.4, 0.5) is 0 Å². The summed E-state index contributed by atoms with van der Waals surface area (Å²) in [5.74, 6) is 0. The summed E-state index contributed by atoms with van der Waals surface area (Å²) >= 11 is 0. The van der Waals surface area contributed by atoms with Crippen molar-refractivity contribution in [3.63, 3.8) is 0 Å². The van der Waals surface area contributed by atoms with Gasteiger partial charge in [0.1, 0.15) is 0 Å². The molecule has 0 fully saturated rings. The van der Waals surface area contributed by atoms with Crippen LogP contribution in [0.15, 0.2) is 21.2 Å². The molecule has 1 atom stereocenters. The summed E-state index contributed by atoms with van der Waals surface area (Å²) < 4.78 is 23.4. The van der Waals surface area contributed by atoms with Gasteiger partial charge >= 0.3 is 0 Å². The van der Waals surface area contributed by atoms with Crippen molar-refractivity contribution in [2.75, 3.05) is 0 Å². The normalized spacial score (nSPS) is 24.2. The Kier molecular flexibility index (Phi) is 1.54. The molecule has 0 spiro atoms. The van der Waals surface area contributed by atoms with Crippen LogP contribution >= 0.6 is 0 Å². The van der Waals surface area contributed by atoms with E-state index in [0.717, 1.165) is 0 Å². The van der Waals surface area contributed by atoms with Gasteiger partial charge in [-0.1, -0.05) is 0 Å². The summed E-state index contributed by atoms with van der Waals surface area (Å²) in [6.07, 6.45) is 1.37. The maximum Gasteiger partial charge on any atom is 0.267 e. The summed E-state index contributed by atoms with van der Waals surface area (Å²) in [7, 11) is -3.09. The third kappa shape index (κ3) is 1.01. The molecular weight excluding hydrogens is 148 g/mol. The molecule has 1 heterocycles. The van der Waals surface area contributed by atoms with Crippen LogP contribution in [0, 0.1) is 0 Å². The Balaban J connectivity index is 3.29. The Bertz CT molecular complexity index is 250. The van der Waals surface area contributed by atoms with Crippen molar-refractivity contribution in [1.82, 2.24) is 0 Å². The van der Waals surface area contributed by atoms with E-state index in [-0.39, 0.29) is 0 Å². The first-order valence-corrected chi connectivity index (χ1v) is 4.55. The topological polar surface area (TPSA) is 58.9 Å². The standard InChI is InChI=1S/C2H2N2O2S2/c5-8(6)7-2-1-3-4-7/h1-2H. The molecule has 8 heavy (non-hydrogen) atoms. The van der Waals surface area contributed by atoms with E-state index in [2.05, 4.69) is 9.63 Å². The summed E-state index contributed by atoms with van der Waals surface area (Å²) in [6, 6.07) is 0. The van der Waals surface area contributed by atoms with Crippen LogP contribution in [-0.4, -0.2) is 8.42 Å². The van der Waals surface area contributed by atoms with Gasteiger partial charge in [0.15, 0.2) is 0 Å². The minimum absolute atomic E-state index is 0.985. The largest absolute Gasteiger partial charge is 0.267 e. The van der Waals surface area contributed by atoms with Crippen molar-refractivity contribution >= 4 is 18.9 Å². The average molecular weight is 150 g/mol. The number of hydrogen-bond acceptors (Lipinski definition) is 3. The van der Waals surface area contributed by atoms with Crippen molar-refractivity contribution in [2.45, 2.75) is 0 Å². The van der Waals surface area contributed by atoms with Crippen LogP contribution in [-0.2, 0) is 18.9 Å². The molecule has 0 aliphatic carbocycles. The van der Waals surface area contributed by atoms with Crippen molar-refractivity contribution in [1.29, 1.82) is 0 Å². The molecule has 1 unspecified atom stereocenters. The predicted octanol–water partition coefficient (Wildman–Crippen LogP) is 0.251. The number of nitrogens with zero attached hydrogens (tertiary/aromatic N) is 2. The highest BCUT2D eigenvalue weighted by Crippen LogP contribution is 1.99. The van der Waals surface area contributed by atoms with Gasteiger partial charge in [-0.25, -0.2) is 0 Å². The lowest BCUT2D eigenvalue weighted by atomic mass is 11.1. The first kappa shape index (κ1) is 5.64. The molecule has 0 aromatic heterocycles. The fourth-order valence-electron chi connectivity index (χ4n) is 0.253. The van der Waals surface area contributed by atoms with Crippen LogP contribution in [0.25, 0.3) is 0 Å². The highest BCUT2D eigenvalue weighted by molar-refractivity contribution is 8.34. The van der Waals surface area contributed by atoms with Crippen molar-refractivity contribution in [3.05, 3.63) is 11.6 Å². The predicted molar refractivity (Wildman–Crippen MR) is 30.3 cm³/mol. The van der Waals surface area contributed by atoms with Gasteiger partial charge in [0.2, 0.25) is 0 Å². The molecule has 0 amide bonds. The molecule has 0 aromatic rings. The second-order valence-electron chi connectivity index (χ2n) is 0.963. The zero-order valence-electron chi connectivity index (χ0n) is 3.68. The van der Waals surface area contributed by atoms with Crippen molar-refractivity contribution in [3.8, 4) is 0 Å². The Morgan fingerprint density at radius 1 is 1.50 bits per heavy atom. The lowest BCUT2D eigenvalue weighted by Crippen LogP contribution is -1.70. The van der Waals surface area contributed by atoms with E-state index in [4.69, 9.17) is 0 Å². The molecule has 0 bridgehead atoms. The van der Waals surface area contributed by atoms with Gasteiger partial charge in [0.25, 0.3) is 9.26 Å². The second-order valence-corrected chi connectivity index (χ2v) is 4.20. The zero-order valence-corrected chi connectivity index (χ0v) is 5.32. The lowest BCUT2D eigenvalue weighted by Gasteiger charge is -1.68. The van der Waals surface area contributed by atoms with E-state index >= 15 is 0 Å². The highest BCUT2D eigenvalue weighted by Gasteiger charge is 1.92. The summed E-state index contributed by atoms with van der Waals surface area (Å²) in [5.41, 5.74) is 0. The molecule has 0 saturated carbocycles. The van der Waals surface area contributed by atoms with Gasteiger partial charge < -0.3 is 0 Å². The Hall–Kier alpha value is -0.490. The fourth-order valence-corrected chi connectivity index (χ4v) is 1.46. The van der Waals surface area contributed by atoms with Crippen LogP contribution in [0.5, 0.6) is 0 Å². The monoisotopic (exact) mass is 150 g/mol. The van der Waals surface area contributed by atoms with Crippen LogP contribution in [0.2, 0.25) is 0 Å². The smallest absolute Gasteiger partial charge is 0.176 e. The molecule has 6 heteroatoms. The van der Waals surface area contributed by atoms with E-state index in [1.807, 2.05) is 0 Å². The van der Waals surface area contributed by atoms with E-state index in [0.29, 0.717) is 0 Å². The molecular formula is C2H2N2O2S2. The average Bonchev–Trinajstić information content (AvgIpc) is 2.12. The van der Waals surface area contributed by atoms with Crippen LogP contribution in [0.3, 0.4) is 0 Å². The first-order chi connectivity index (χ1) is 3.80. The van der Waals surface area contributed by atoms with Crippen LogP contribution < -0.4 is 0 Å². The molecule has 1 rings (SSSR count). The summed E-state index contributed by atoms with van der Waals surface area (Å²) in [4.78, 5) is 0. The van der Waals surface area contributed by atoms with Gasteiger partial charge in [-0.05, 0) is 0 Å². The van der Waals surface area contributed by atoms with E-state index in [1.165, 1.54) is 11.6 Å². The molecule has 1 aliphatic heterocycles. The fraction of sp³-hybridized carbons (Fsp3) is 0. The highest BCUT2D eigenvalue weighted by atomic mass is 32.9. The Morgan fingerprint density at radius 3 is 2.50 bits per heavy atom. The SMILES string of the molecule is O=S(=O)=S1C=CN=N1. The molecule has 0 radical (unpaired) electrons. The Morgan fingerprint density at radius 2 is 2.25 bits per heavy atom. The first-order valence-electron chi connectivity index (χ1n) is 1.71. The van der Waals surface area contributed by atoms with E-state index in [1.54, 1.807) is 0 Å². The molecule has 4 nitrogen and oxygen atoms in total. The minimum atomic E-state index is -2.11. The van der Waals surface area contributed by atoms with Gasteiger partial charge in [0, 0.05) is 5.41 Å². The van der Waals surface area contributed by atoms with Gasteiger partial charge in [0.05, 0.1) is 15.8 Å². The molecule has 0 N–H and O–H groups in total. The van der Waals surface area contributed by atoms with Crippen molar-refractivity contribution < 1.29 is 8.42 Å². The number of hydrogen-bond donors (Lipinski definition) is 0. The van der Waals surface area contributed by atoms with Crippen molar-refractivity contribution in [2.24, 2.45) is 9.63 Å². The van der Waals surface area contributed by atoms with E-state index < -0.39 is 18.9 Å². The van der Waals surface area contributed by atoms with Gasteiger partial charge in [-0.2, -0.15) is 13.5 Å².